The Kier molecular flexibility index (Phi) is 13.9. The Morgan fingerprint density at radius 1 is 1.16 bits per heavy atom. The number of hydrogen-bond acceptors (Lipinski definition) is 11. The van der Waals surface area contributed by atoms with Crippen molar-refractivity contribution in [2.45, 2.75) is 105 Å². The van der Waals surface area contributed by atoms with Gasteiger partial charge in [-0.15, -0.1) is 11.3 Å². The second-order valence-electron chi connectivity index (χ2n) is 18.7. The number of nitrogens with one attached hydrogen (secondary N) is 2. The number of ether oxygens (including phenoxy) is 2. The highest BCUT2D eigenvalue weighted by Gasteiger charge is 2.41. The number of amides is 4. The van der Waals surface area contributed by atoms with Crippen molar-refractivity contribution < 1.29 is 33.8 Å². The Balaban J connectivity index is 1.27. The molecule has 340 valence electrons. The third-order valence-electron chi connectivity index (χ3n) is 13.0. The van der Waals surface area contributed by atoms with Crippen LogP contribution in [0.5, 0.6) is 0 Å². The zero-order chi connectivity index (χ0) is 45.3. The van der Waals surface area contributed by atoms with E-state index in [1.54, 1.807) is 25.3 Å². The van der Waals surface area contributed by atoms with E-state index in [4.69, 9.17) is 19.4 Å². The topological polar surface area (TPSA) is 171 Å². The van der Waals surface area contributed by atoms with Crippen molar-refractivity contribution in [2.24, 2.45) is 23.2 Å². The summed E-state index contributed by atoms with van der Waals surface area (Å²) in [6, 6.07) is 7.45. The van der Waals surface area contributed by atoms with Crippen LogP contribution in [-0.2, 0) is 43.2 Å². The summed E-state index contributed by atoms with van der Waals surface area (Å²) in [4.78, 5) is 69.4. The first-order valence-electron chi connectivity index (χ1n) is 22.3. The van der Waals surface area contributed by atoms with E-state index < -0.39 is 41.3 Å². The third kappa shape index (κ3) is 9.50. The first-order valence-corrected chi connectivity index (χ1v) is 23.2. The molecule has 4 aromatic rings. The summed E-state index contributed by atoms with van der Waals surface area (Å²) in [6.45, 7) is 16.3. The van der Waals surface area contributed by atoms with Gasteiger partial charge >= 0.3 is 12.0 Å². The van der Waals surface area contributed by atoms with Crippen LogP contribution < -0.4 is 10.7 Å². The molecule has 0 aliphatic carbocycles. The van der Waals surface area contributed by atoms with Crippen LogP contribution in [0.2, 0.25) is 0 Å². The van der Waals surface area contributed by atoms with Crippen molar-refractivity contribution in [2.75, 3.05) is 47.0 Å². The van der Waals surface area contributed by atoms with E-state index in [9.17, 15) is 24.3 Å². The molecule has 3 aliphatic rings. The molecule has 63 heavy (non-hydrogen) atoms. The lowest BCUT2D eigenvalue weighted by Crippen LogP contribution is -2.63. The number of hydrogen-bond donors (Lipinski definition) is 3. The molecule has 5 atom stereocenters. The lowest BCUT2D eigenvalue weighted by Gasteiger charge is -2.45. The smallest absolute Gasteiger partial charge is 0.324 e. The maximum atomic E-state index is 14.6. The zero-order valence-electron chi connectivity index (χ0n) is 38.1. The van der Waals surface area contributed by atoms with E-state index in [2.05, 4.69) is 60.3 Å². The number of benzene rings is 1. The van der Waals surface area contributed by atoms with Gasteiger partial charge in [-0.25, -0.2) is 15.2 Å². The quantitative estimate of drug-likeness (QED) is 0.165. The largest absolute Gasteiger partial charge is 0.464 e. The van der Waals surface area contributed by atoms with Crippen LogP contribution in [-0.4, -0.2) is 123 Å². The van der Waals surface area contributed by atoms with E-state index >= 15 is 0 Å². The van der Waals surface area contributed by atoms with E-state index in [-0.39, 0.29) is 49.5 Å². The van der Waals surface area contributed by atoms with Gasteiger partial charge in [0, 0.05) is 92.4 Å². The molecule has 7 rings (SSSR count). The number of hydrazine groups is 1. The van der Waals surface area contributed by atoms with Crippen LogP contribution in [0, 0.1) is 23.2 Å². The number of pyridine rings is 1. The Morgan fingerprint density at radius 2 is 1.92 bits per heavy atom. The van der Waals surface area contributed by atoms with Crippen molar-refractivity contribution in [1.82, 2.24) is 40.1 Å². The molecule has 4 amide bonds. The average Bonchev–Trinajstić information content (AvgIpc) is 3.85. The molecule has 0 unspecified atom stereocenters. The Bertz CT molecular complexity index is 2320. The van der Waals surface area contributed by atoms with Gasteiger partial charge in [-0.1, -0.05) is 40.7 Å². The van der Waals surface area contributed by atoms with Crippen molar-refractivity contribution in [3.05, 3.63) is 58.2 Å². The molecule has 16 heteroatoms. The maximum Gasteiger partial charge on any atom is 0.324 e. The van der Waals surface area contributed by atoms with Crippen molar-refractivity contribution >= 4 is 46.1 Å². The number of thiazole rings is 1. The molecule has 6 bridgehead atoms. The molecule has 2 fully saturated rings. The number of nitrogens with zero attached hydrogens (tertiary/aromatic N) is 6. The number of likely N-dealkylation sites (tertiary alicyclic amines) is 1. The number of carbonyl (C=O) groups excluding carboxylic acids is 4. The molecule has 0 radical (unpaired) electrons. The van der Waals surface area contributed by atoms with Gasteiger partial charge in [-0.2, -0.15) is 0 Å². The summed E-state index contributed by atoms with van der Waals surface area (Å²) in [5, 5.41) is 17.8. The van der Waals surface area contributed by atoms with Crippen molar-refractivity contribution in [1.29, 1.82) is 0 Å². The number of urea groups is 1. The lowest BCUT2D eigenvalue weighted by atomic mass is 9.84. The highest BCUT2D eigenvalue weighted by atomic mass is 32.1. The summed E-state index contributed by atoms with van der Waals surface area (Å²) in [5.74, 6) is -1.32. The monoisotopic (exact) mass is 884 g/mol. The third-order valence-corrected chi connectivity index (χ3v) is 13.9. The number of aliphatic hydroxyl groups excluding tert-OH is 1. The highest BCUT2D eigenvalue weighted by Crippen LogP contribution is 2.42. The van der Waals surface area contributed by atoms with Gasteiger partial charge < -0.3 is 34.3 Å². The summed E-state index contributed by atoms with van der Waals surface area (Å²) in [7, 11) is 3.30. The van der Waals surface area contributed by atoms with E-state index in [1.807, 2.05) is 39.1 Å². The summed E-state index contributed by atoms with van der Waals surface area (Å²) >= 11 is 1.42. The van der Waals surface area contributed by atoms with Crippen LogP contribution in [0.4, 0.5) is 4.79 Å². The number of aliphatic hydroxyl groups is 1. The lowest BCUT2D eigenvalue weighted by molar-refractivity contribution is -0.155. The molecular weight excluding hydrogens is 821 g/mol. The van der Waals surface area contributed by atoms with Crippen LogP contribution in [0.25, 0.3) is 33.4 Å². The normalized spacial score (nSPS) is 21.1. The highest BCUT2D eigenvalue weighted by molar-refractivity contribution is 7.10. The standard InChI is InChI=1S/C47H64N8O7S/c1-10-54-38-16-15-30-19-33(38)34(42(54)32-13-11-17-48-40(32)29(5)61-9)21-47(6,7)26-62-45(59)35-14-12-18-55(51-35)44(58)36(20-39-49-37(30)25-63-39)50-43(57)41(27(2)3)52(8)46(60)53-22-31(23-53)28(4)24-56/h11,13,15-17,19,25,27-29,31,35-36,41,51,56H,10,12,14,18,20-24,26H2,1-9H3,(H,50,57)/t28-,29+,35+,36+,41+/m1/s1. The van der Waals surface area contributed by atoms with Gasteiger partial charge in [0.05, 0.1) is 34.8 Å². The van der Waals surface area contributed by atoms with Crippen LogP contribution >= 0.6 is 11.3 Å². The minimum Gasteiger partial charge on any atom is -0.464 e. The number of fused-ring (bicyclic) bond motifs is 6. The molecule has 3 aliphatic heterocycles. The number of aryl methyl sites for hydroxylation is 1. The molecule has 0 saturated carbocycles. The number of cyclic esters (lactones) is 1. The van der Waals surface area contributed by atoms with Crippen LogP contribution in [0.3, 0.4) is 0 Å². The van der Waals surface area contributed by atoms with E-state index in [0.717, 1.165) is 44.7 Å². The second-order valence-corrected chi connectivity index (χ2v) is 19.6. The molecule has 1 aromatic carbocycles. The van der Waals surface area contributed by atoms with Gasteiger partial charge in [-0.3, -0.25) is 24.4 Å². The summed E-state index contributed by atoms with van der Waals surface area (Å²) in [5.41, 5.74) is 9.32. The fourth-order valence-electron chi connectivity index (χ4n) is 9.27. The molecule has 3 aromatic heterocycles. The fourth-order valence-corrected chi connectivity index (χ4v) is 10.1. The number of aromatic nitrogens is 3. The first kappa shape index (κ1) is 46.1. The molecule has 6 heterocycles. The number of rotatable bonds is 10. The van der Waals surface area contributed by atoms with Gasteiger partial charge in [0.2, 0.25) is 5.91 Å². The van der Waals surface area contributed by atoms with Crippen molar-refractivity contribution in [3.8, 4) is 22.5 Å². The van der Waals surface area contributed by atoms with Gasteiger partial charge in [-0.05, 0) is 80.7 Å². The van der Waals surface area contributed by atoms with Crippen LogP contribution in [0.1, 0.15) is 83.7 Å². The molecule has 0 spiro atoms. The molecule has 15 nitrogen and oxygen atoms in total. The minimum absolute atomic E-state index is 0.0500. The second kappa shape index (κ2) is 19.1. The summed E-state index contributed by atoms with van der Waals surface area (Å²) < 4.78 is 14.2. The molecule has 3 N–H and O–H groups in total. The zero-order valence-corrected chi connectivity index (χ0v) is 39.0. The Hall–Kier alpha value is -4.90. The van der Waals surface area contributed by atoms with Crippen LogP contribution in [0.15, 0.2) is 41.9 Å². The predicted molar refractivity (Wildman–Crippen MR) is 242 cm³/mol. The van der Waals surface area contributed by atoms with E-state index in [1.165, 1.54) is 21.2 Å². The Morgan fingerprint density at radius 3 is 2.62 bits per heavy atom. The minimum atomic E-state index is -1.06. The van der Waals surface area contributed by atoms with E-state index in [0.29, 0.717) is 50.4 Å². The fraction of sp³-hybridized carbons (Fsp3) is 0.574. The summed E-state index contributed by atoms with van der Waals surface area (Å²) in [6.07, 6.45) is 3.25. The number of likely N-dealkylation sites (N-methyl/N-ethyl adjacent to an activating group) is 1. The predicted octanol–water partition coefficient (Wildman–Crippen LogP) is 5.84. The van der Waals surface area contributed by atoms with Gasteiger partial charge in [0.25, 0.3) is 5.91 Å². The number of methoxy groups -OCH3 is 1. The average molecular weight is 885 g/mol. The number of esters is 1. The van der Waals surface area contributed by atoms with Crippen molar-refractivity contribution in [3.63, 3.8) is 0 Å². The Labute approximate surface area is 374 Å². The molecular formula is C47H64N8O7S. The van der Waals surface area contributed by atoms with Gasteiger partial charge in [0.15, 0.2) is 0 Å². The SMILES string of the molecule is CCn1c(-c2cccnc2[C@H](C)OC)c2c3cc(ccc31)-c1csc(n1)C[C@H](NC(=O)[C@H](C(C)C)N(C)C(=O)N1CC([C@H](C)CO)C1)C(=O)N1CCC[C@H](N1)C(=O)OCC(C)(C)C2. The maximum absolute atomic E-state index is 14.6. The first-order chi connectivity index (χ1) is 30.0. The number of carbonyl (C=O) groups is 4. The van der Waals surface area contributed by atoms with Gasteiger partial charge in [0.1, 0.15) is 18.1 Å². The molecule has 2 saturated heterocycles.